The first-order valence-corrected chi connectivity index (χ1v) is 11.0. The van der Waals surface area contributed by atoms with Gasteiger partial charge < -0.3 is 13.9 Å². The third kappa shape index (κ3) is 4.81. The predicted molar refractivity (Wildman–Crippen MR) is 120 cm³/mol. The van der Waals surface area contributed by atoms with E-state index in [4.69, 9.17) is 13.9 Å². The quantitative estimate of drug-likeness (QED) is 0.339. The lowest BCUT2D eigenvalue weighted by molar-refractivity contribution is -0.0148. The Labute approximate surface area is 184 Å². The maximum Gasteiger partial charge on any atom is 0.287 e. The molecular weight excluding hydrogens is 408 g/mol. The van der Waals surface area contributed by atoms with E-state index in [0.717, 1.165) is 11.3 Å². The molecule has 0 saturated heterocycles. The molecule has 0 aliphatic carbocycles. The zero-order valence-electron chi connectivity index (χ0n) is 16.7. The highest BCUT2D eigenvalue weighted by atomic mass is 32.2. The van der Waals surface area contributed by atoms with E-state index >= 15 is 0 Å². The van der Waals surface area contributed by atoms with Gasteiger partial charge >= 0.3 is 0 Å². The number of ether oxygens (including phenoxy) is 2. The van der Waals surface area contributed by atoms with E-state index in [0.29, 0.717) is 23.3 Å². The van der Waals surface area contributed by atoms with Crippen molar-refractivity contribution >= 4 is 17.5 Å². The smallest absolute Gasteiger partial charge is 0.287 e. The molecule has 154 valence electrons. The van der Waals surface area contributed by atoms with Crippen LogP contribution in [0, 0.1) is 0 Å². The molecule has 0 radical (unpaired) electrons. The molecule has 1 aromatic heterocycles. The Morgan fingerprint density at radius 1 is 0.774 bits per heavy atom. The van der Waals surface area contributed by atoms with E-state index in [1.54, 1.807) is 6.26 Å². The normalized spacial score (nSPS) is 15.2. The van der Waals surface area contributed by atoms with Crippen LogP contribution < -0.4 is 0 Å². The third-order valence-corrected chi connectivity index (χ3v) is 5.73. The van der Waals surface area contributed by atoms with Crippen LogP contribution in [0.15, 0.2) is 101 Å². The lowest BCUT2D eigenvalue weighted by atomic mass is 10.0. The molecule has 1 aliphatic heterocycles. The van der Waals surface area contributed by atoms with E-state index in [2.05, 4.69) is 46.6 Å². The Hall–Kier alpha value is -3.51. The predicted octanol–water partition coefficient (Wildman–Crippen LogP) is 5.94. The summed E-state index contributed by atoms with van der Waals surface area (Å²) in [4.78, 5) is 0. The molecule has 5 rings (SSSR count). The maximum absolute atomic E-state index is 5.83. The highest BCUT2D eigenvalue weighted by Gasteiger charge is 2.25. The van der Waals surface area contributed by atoms with Crippen LogP contribution >= 0.6 is 11.8 Å². The molecule has 0 amide bonds. The third-order valence-electron chi connectivity index (χ3n) is 4.84. The summed E-state index contributed by atoms with van der Waals surface area (Å²) in [6, 6.07) is 28.9. The van der Waals surface area contributed by atoms with Crippen molar-refractivity contribution in [3.05, 3.63) is 108 Å². The first-order chi connectivity index (χ1) is 15.3. The second kappa shape index (κ2) is 9.10. The minimum atomic E-state index is -0.388. The SMILES string of the molecule is C1=C(c2nnc(SCc3cccc(-c4ccccc4)c3)o2)OC(Cc2ccccc2)O1. The Bertz CT molecular complexity index is 1180. The van der Waals surface area contributed by atoms with Crippen molar-refractivity contribution in [1.82, 2.24) is 10.2 Å². The maximum atomic E-state index is 5.83. The molecule has 5 nitrogen and oxygen atoms in total. The molecule has 1 unspecified atom stereocenters. The Morgan fingerprint density at radius 2 is 1.52 bits per heavy atom. The van der Waals surface area contributed by atoms with Gasteiger partial charge in [0.25, 0.3) is 11.1 Å². The van der Waals surface area contributed by atoms with Crippen LogP contribution in [0.1, 0.15) is 17.0 Å². The number of thioether (sulfide) groups is 1. The van der Waals surface area contributed by atoms with Crippen LogP contribution in [-0.4, -0.2) is 16.5 Å². The summed E-state index contributed by atoms with van der Waals surface area (Å²) in [6.07, 6.45) is 1.80. The number of hydrogen-bond donors (Lipinski definition) is 0. The number of rotatable bonds is 7. The van der Waals surface area contributed by atoms with Crippen molar-refractivity contribution < 1.29 is 13.9 Å². The Kier molecular flexibility index (Phi) is 5.71. The molecule has 4 aromatic rings. The summed E-state index contributed by atoms with van der Waals surface area (Å²) in [5, 5.41) is 8.74. The highest BCUT2D eigenvalue weighted by molar-refractivity contribution is 7.98. The Morgan fingerprint density at radius 3 is 2.35 bits per heavy atom. The summed E-state index contributed by atoms with van der Waals surface area (Å²) >= 11 is 1.50. The zero-order chi connectivity index (χ0) is 20.9. The summed E-state index contributed by atoms with van der Waals surface area (Å²) < 4.78 is 17.2. The van der Waals surface area contributed by atoms with Gasteiger partial charge in [-0.3, -0.25) is 0 Å². The molecule has 1 aliphatic rings. The summed E-state index contributed by atoms with van der Waals surface area (Å²) in [5.41, 5.74) is 4.72. The van der Waals surface area contributed by atoms with Crippen LogP contribution in [-0.2, 0) is 21.6 Å². The number of aromatic nitrogens is 2. The standard InChI is InChI=1S/C25H20N2O3S/c1-3-8-18(9-4-1)15-23-28-16-22(29-23)24-26-27-25(30-24)31-17-19-10-7-13-21(14-19)20-11-5-2-6-12-20/h1-14,16,23H,15,17H2. The first-order valence-electron chi connectivity index (χ1n) is 10.0. The van der Waals surface area contributed by atoms with Gasteiger partial charge in [0.15, 0.2) is 0 Å². The molecule has 0 N–H and O–H groups in total. The van der Waals surface area contributed by atoms with Gasteiger partial charge in [-0.05, 0) is 22.3 Å². The summed E-state index contributed by atoms with van der Waals surface area (Å²) in [5.74, 6) is 1.53. The van der Waals surface area contributed by atoms with Crippen LogP contribution in [0.25, 0.3) is 16.9 Å². The topological polar surface area (TPSA) is 57.4 Å². The lowest BCUT2D eigenvalue weighted by Gasteiger charge is -2.10. The van der Waals surface area contributed by atoms with Gasteiger partial charge in [-0.25, -0.2) is 0 Å². The second-order valence-corrected chi connectivity index (χ2v) is 8.01. The van der Waals surface area contributed by atoms with E-state index in [9.17, 15) is 0 Å². The second-order valence-electron chi connectivity index (χ2n) is 7.08. The van der Waals surface area contributed by atoms with Crippen molar-refractivity contribution in [2.45, 2.75) is 23.7 Å². The molecule has 0 saturated carbocycles. The molecule has 3 aromatic carbocycles. The summed E-state index contributed by atoms with van der Waals surface area (Å²) in [6.45, 7) is 0. The molecule has 6 heteroatoms. The zero-order valence-corrected chi connectivity index (χ0v) is 17.5. The minimum absolute atomic E-state index is 0.330. The average Bonchev–Trinajstić information content (AvgIpc) is 3.49. The first kappa shape index (κ1) is 19.5. The van der Waals surface area contributed by atoms with Crippen molar-refractivity contribution in [1.29, 1.82) is 0 Å². The largest absolute Gasteiger partial charge is 0.458 e. The molecule has 2 heterocycles. The van der Waals surface area contributed by atoms with Crippen LogP contribution in [0.4, 0.5) is 0 Å². The summed E-state index contributed by atoms with van der Waals surface area (Å²) in [7, 11) is 0. The molecule has 0 bridgehead atoms. The minimum Gasteiger partial charge on any atom is -0.458 e. The number of hydrogen-bond acceptors (Lipinski definition) is 6. The lowest BCUT2D eigenvalue weighted by Crippen LogP contribution is -2.11. The van der Waals surface area contributed by atoms with Crippen molar-refractivity contribution in [3.8, 4) is 11.1 Å². The van der Waals surface area contributed by atoms with E-state index in [1.165, 1.54) is 28.5 Å². The molecule has 1 atom stereocenters. The fourth-order valence-corrected chi connectivity index (χ4v) is 4.02. The van der Waals surface area contributed by atoms with Crippen molar-refractivity contribution in [2.24, 2.45) is 0 Å². The van der Waals surface area contributed by atoms with Gasteiger partial charge in [0.05, 0.1) is 0 Å². The molecule has 0 spiro atoms. The Balaban J connectivity index is 1.18. The number of nitrogens with zero attached hydrogens (tertiary/aromatic N) is 2. The molecular formula is C25H20N2O3S. The van der Waals surface area contributed by atoms with Gasteiger partial charge in [-0.2, -0.15) is 0 Å². The van der Waals surface area contributed by atoms with Crippen molar-refractivity contribution in [3.63, 3.8) is 0 Å². The van der Waals surface area contributed by atoms with Gasteiger partial charge in [0.1, 0.15) is 6.26 Å². The van der Waals surface area contributed by atoms with E-state index in [1.807, 2.05) is 48.5 Å². The number of benzene rings is 3. The van der Waals surface area contributed by atoms with E-state index in [-0.39, 0.29) is 6.29 Å². The fourth-order valence-electron chi connectivity index (χ4n) is 3.32. The highest BCUT2D eigenvalue weighted by Crippen LogP contribution is 2.29. The fraction of sp³-hybridized carbons (Fsp3) is 0.120. The van der Waals surface area contributed by atoms with Gasteiger partial charge in [-0.1, -0.05) is 96.7 Å². The van der Waals surface area contributed by atoms with Gasteiger partial charge in [-0.15, -0.1) is 10.2 Å². The van der Waals surface area contributed by atoms with Crippen molar-refractivity contribution in [2.75, 3.05) is 0 Å². The monoisotopic (exact) mass is 428 g/mol. The van der Waals surface area contributed by atoms with Crippen LogP contribution in [0.2, 0.25) is 0 Å². The van der Waals surface area contributed by atoms with E-state index < -0.39 is 0 Å². The molecule has 0 fully saturated rings. The van der Waals surface area contributed by atoms with Crippen LogP contribution in [0.3, 0.4) is 0 Å². The van der Waals surface area contributed by atoms with Gasteiger partial charge in [0, 0.05) is 12.2 Å². The average molecular weight is 429 g/mol. The molecule has 31 heavy (non-hydrogen) atoms. The van der Waals surface area contributed by atoms with Crippen LogP contribution in [0.5, 0.6) is 0 Å². The van der Waals surface area contributed by atoms with Gasteiger partial charge in [0.2, 0.25) is 12.0 Å².